The molecule has 1 aromatic rings. The molecule has 0 saturated carbocycles. The number of nitrogens with zero attached hydrogens (tertiary/aromatic N) is 1. The summed E-state index contributed by atoms with van der Waals surface area (Å²) in [6, 6.07) is 5.44. The third-order valence-corrected chi connectivity index (χ3v) is 5.63. The average Bonchev–Trinajstić information content (AvgIpc) is 2.87. The van der Waals surface area contributed by atoms with Crippen LogP contribution in [0.1, 0.15) is 26.3 Å². The van der Waals surface area contributed by atoms with Gasteiger partial charge in [-0.3, -0.25) is 0 Å². The zero-order valence-electron chi connectivity index (χ0n) is 10.4. The lowest BCUT2D eigenvalue weighted by atomic mass is 10.2. The van der Waals surface area contributed by atoms with E-state index < -0.39 is 10.0 Å². The molecule has 0 aliphatic carbocycles. The number of fused-ring (bicyclic) bond motifs is 1. The van der Waals surface area contributed by atoms with Crippen LogP contribution in [0.5, 0.6) is 0 Å². The lowest BCUT2D eigenvalue weighted by molar-refractivity contribution is 0.346. The zero-order valence-corrected chi connectivity index (χ0v) is 11.2. The summed E-state index contributed by atoms with van der Waals surface area (Å²) < 4.78 is 26.6. The molecule has 0 spiro atoms. The van der Waals surface area contributed by atoms with Crippen molar-refractivity contribution in [2.45, 2.75) is 30.6 Å². The van der Waals surface area contributed by atoms with Gasteiger partial charge in [0.2, 0.25) is 10.0 Å². The molecule has 4 nitrogen and oxygen atoms in total. The highest BCUT2D eigenvalue weighted by Gasteiger charge is 2.26. The van der Waals surface area contributed by atoms with Gasteiger partial charge in [-0.1, -0.05) is 6.42 Å². The fourth-order valence-corrected chi connectivity index (χ4v) is 4.26. The van der Waals surface area contributed by atoms with Gasteiger partial charge in [-0.15, -0.1) is 0 Å². The van der Waals surface area contributed by atoms with E-state index in [-0.39, 0.29) is 1.43 Å². The summed E-state index contributed by atoms with van der Waals surface area (Å²) >= 11 is 0. The summed E-state index contributed by atoms with van der Waals surface area (Å²) in [6.45, 7) is 2.23. The van der Waals surface area contributed by atoms with Gasteiger partial charge in [0.15, 0.2) is 0 Å². The highest BCUT2D eigenvalue weighted by Crippen LogP contribution is 2.27. The van der Waals surface area contributed by atoms with E-state index in [1.165, 1.54) is 0 Å². The van der Waals surface area contributed by atoms with Crippen LogP contribution in [0, 0.1) is 0 Å². The lowest BCUT2D eigenvalue weighted by Crippen LogP contribution is -2.35. The molecule has 0 bridgehead atoms. The Morgan fingerprint density at radius 2 is 1.94 bits per heavy atom. The van der Waals surface area contributed by atoms with Crippen LogP contribution in [0.3, 0.4) is 0 Å². The van der Waals surface area contributed by atoms with Crippen LogP contribution in [0.15, 0.2) is 23.1 Å². The van der Waals surface area contributed by atoms with Gasteiger partial charge in [-0.2, -0.15) is 4.31 Å². The number of anilines is 1. The van der Waals surface area contributed by atoms with Crippen molar-refractivity contribution in [1.82, 2.24) is 4.31 Å². The normalized spacial score (nSPS) is 20.4. The van der Waals surface area contributed by atoms with Crippen LogP contribution in [-0.2, 0) is 16.4 Å². The summed E-state index contributed by atoms with van der Waals surface area (Å²) in [6.07, 6.45) is 4.01. The maximum atomic E-state index is 12.5. The molecule has 2 aliphatic rings. The van der Waals surface area contributed by atoms with E-state index >= 15 is 0 Å². The van der Waals surface area contributed by atoms with E-state index in [1.807, 2.05) is 12.1 Å². The molecular formula is C13H20N2O2S. The topological polar surface area (TPSA) is 49.4 Å². The summed E-state index contributed by atoms with van der Waals surface area (Å²) in [5, 5.41) is 3.25. The largest absolute Gasteiger partial charge is 0.384 e. The molecule has 18 heavy (non-hydrogen) atoms. The monoisotopic (exact) mass is 268 g/mol. The van der Waals surface area contributed by atoms with Crippen molar-refractivity contribution in [1.29, 1.82) is 0 Å². The Balaban J connectivity index is 0.00000133. The molecular weight excluding hydrogens is 248 g/mol. The molecule has 1 fully saturated rings. The van der Waals surface area contributed by atoms with Gasteiger partial charge in [-0.25, -0.2) is 8.42 Å². The number of hydrogen-bond donors (Lipinski definition) is 1. The Kier molecular flexibility index (Phi) is 3.03. The molecule has 3 rings (SSSR count). The van der Waals surface area contributed by atoms with Gasteiger partial charge in [0.1, 0.15) is 0 Å². The van der Waals surface area contributed by atoms with Crippen LogP contribution in [-0.4, -0.2) is 32.4 Å². The van der Waals surface area contributed by atoms with Crippen molar-refractivity contribution < 1.29 is 9.84 Å². The molecule has 1 aromatic carbocycles. The smallest absolute Gasteiger partial charge is 0.243 e. The Morgan fingerprint density at radius 1 is 1.17 bits per heavy atom. The second-order valence-electron chi connectivity index (χ2n) is 4.96. The standard InChI is InChI=1S/C13H18N2O2S.H2/c16-18(17,15-8-2-1-3-9-15)12-4-5-13-11(10-12)6-7-14-13;/h4-5,10,14H,1-3,6-9H2;1H. The fourth-order valence-electron chi connectivity index (χ4n) is 2.70. The first-order chi connectivity index (χ1) is 8.68. The van der Waals surface area contributed by atoms with E-state index in [2.05, 4.69) is 5.32 Å². The van der Waals surface area contributed by atoms with E-state index in [0.29, 0.717) is 18.0 Å². The van der Waals surface area contributed by atoms with Gasteiger partial charge < -0.3 is 5.32 Å². The molecule has 2 heterocycles. The first-order valence-electron chi connectivity index (χ1n) is 6.55. The number of rotatable bonds is 2. The Labute approximate surface area is 110 Å². The maximum absolute atomic E-state index is 12.5. The SMILES string of the molecule is O=S(=O)(c1ccc2c(c1)CCN2)N1CCCCC1.[HH]. The van der Waals surface area contributed by atoms with Gasteiger partial charge >= 0.3 is 0 Å². The van der Waals surface area contributed by atoms with Crippen molar-refractivity contribution in [2.24, 2.45) is 0 Å². The molecule has 5 heteroatoms. The van der Waals surface area contributed by atoms with Crippen LogP contribution in [0.25, 0.3) is 0 Å². The fraction of sp³-hybridized carbons (Fsp3) is 0.538. The minimum absolute atomic E-state index is 0. The molecule has 100 valence electrons. The molecule has 0 unspecified atom stereocenters. The molecule has 0 atom stereocenters. The van der Waals surface area contributed by atoms with Crippen molar-refractivity contribution in [3.8, 4) is 0 Å². The Morgan fingerprint density at radius 3 is 2.72 bits per heavy atom. The van der Waals surface area contributed by atoms with Crippen molar-refractivity contribution in [3.05, 3.63) is 23.8 Å². The van der Waals surface area contributed by atoms with Crippen LogP contribution >= 0.6 is 0 Å². The number of nitrogens with one attached hydrogen (secondary N) is 1. The molecule has 2 aliphatic heterocycles. The maximum Gasteiger partial charge on any atom is 0.243 e. The van der Waals surface area contributed by atoms with Gasteiger partial charge in [0.25, 0.3) is 0 Å². The zero-order chi connectivity index (χ0) is 12.6. The number of benzene rings is 1. The van der Waals surface area contributed by atoms with Crippen LogP contribution in [0.2, 0.25) is 0 Å². The van der Waals surface area contributed by atoms with Gasteiger partial charge in [0, 0.05) is 26.7 Å². The Hall–Kier alpha value is -1.07. The van der Waals surface area contributed by atoms with E-state index in [0.717, 1.165) is 43.5 Å². The summed E-state index contributed by atoms with van der Waals surface area (Å²) in [5.41, 5.74) is 2.20. The highest BCUT2D eigenvalue weighted by molar-refractivity contribution is 7.89. The third-order valence-electron chi connectivity index (χ3n) is 3.74. The number of sulfonamides is 1. The molecule has 0 radical (unpaired) electrons. The van der Waals surface area contributed by atoms with Crippen LogP contribution in [0.4, 0.5) is 5.69 Å². The van der Waals surface area contributed by atoms with E-state index in [4.69, 9.17) is 0 Å². The molecule has 1 saturated heterocycles. The average molecular weight is 268 g/mol. The quantitative estimate of drug-likeness (QED) is 0.893. The predicted molar refractivity (Wildman–Crippen MR) is 73.4 cm³/mol. The second-order valence-corrected chi connectivity index (χ2v) is 6.90. The predicted octanol–water partition coefficient (Wildman–Crippen LogP) is 2.08. The molecule has 0 aromatic heterocycles. The molecule has 0 amide bonds. The van der Waals surface area contributed by atoms with E-state index in [1.54, 1.807) is 10.4 Å². The summed E-state index contributed by atoms with van der Waals surface area (Å²) in [4.78, 5) is 0.451. The first-order valence-corrected chi connectivity index (χ1v) is 7.99. The second kappa shape index (κ2) is 4.55. The summed E-state index contributed by atoms with van der Waals surface area (Å²) in [5.74, 6) is 0. The van der Waals surface area contributed by atoms with Gasteiger partial charge in [-0.05, 0) is 43.0 Å². The molecule has 1 N–H and O–H groups in total. The van der Waals surface area contributed by atoms with Crippen molar-refractivity contribution in [3.63, 3.8) is 0 Å². The first kappa shape index (κ1) is 12.0. The van der Waals surface area contributed by atoms with Crippen molar-refractivity contribution in [2.75, 3.05) is 25.0 Å². The minimum atomic E-state index is -3.28. The minimum Gasteiger partial charge on any atom is -0.384 e. The number of hydrogen-bond acceptors (Lipinski definition) is 3. The third kappa shape index (κ3) is 2.01. The van der Waals surface area contributed by atoms with Crippen molar-refractivity contribution >= 4 is 15.7 Å². The van der Waals surface area contributed by atoms with E-state index in [9.17, 15) is 8.42 Å². The summed E-state index contributed by atoms with van der Waals surface area (Å²) in [7, 11) is -3.28. The number of piperidine rings is 1. The van der Waals surface area contributed by atoms with Gasteiger partial charge in [0.05, 0.1) is 4.90 Å². The Bertz CT molecular complexity index is 554. The lowest BCUT2D eigenvalue weighted by Gasteiger charge is -2.26. The van der Waals surface area contributed by atoms with Crippen LogP contribution < -0.4 is 5.32 Å². The highest BCUT2D eigenvalue weighted by atomic mass is 32.2.